The fourth-order valence-electron chi connectivity index (χ4n) is 1.95. The Morgan fingerprint density at radius 3 is 2.71 bits per heavy atom. The van der Waals surface area contributed by atoms with Gasteiger partial charge in [-0.15, -0.1) is 5.10 Å². The molecule has 3 rings (SSSR count). The van der Waals surface area contributed by atoms with E-state index in [2.05, 4.69) is 15.4 Å². The Balaban J connectivity index is 1.99. The minimum atomic E-state index is -4.39. The van der Waals surface area contributed by atoms with Crippen molar-refractivity contribution >= 4 is 23.0 Å². The number of halogens is 3. The molecule has 0 aliphatic carbocycles. The van der Waals surface area contributed by atoms with Gasteiger partial charge in [0.15, 0.2) is 5.65 Å². The standard InChI is InChI=1S/C13H10F3N5/c14-13(15,16)8-3-1-4-9(7-8)18-10-5-2-6-21-11(10)19-12(17)20-21/h1-7,18H,(H2,17,20). The lowest BCUT2D eigenvalue weighted by atomic mass is 10.2. The van der Waals surface area contributed by atoms with Crippen molar-refractivity contribution in [1.29, 1.82) is 0 Å². The molecule has 0 spiro atoms. The molecular formula is C13H10F3N5. The zero-order chi connectivity index (χ0) is 15.0. The average Bonchev–Trinajstić information content (AvgIpc) is 2.80. The maximum Gasteiger partial charge on any atom is 0.416 e. The van der Waals surface area contributed by atoms with Crippen molar-refractivity contribution in [2.24, 2.45) is 0 Å². The van der Waals surface area contributed by atoms with Gasteiger partial charge in [-0.3, -0.25) is 0 Å². The van der Waals surface area contributed by atoms with Gasteiger partial charge in [0.05, 0.1) is 11.3 Å². The van der Waals surface area contributed by atoms with E-state index in [-0.39, 0.29) is 5.95 Å². The largest absolute Gasteiger partial charge is 0.416 e. The summed E-state index contributed by atoms with van der Waals surface area (Å²) >= 11 is 0. The first-order chi connectivity index (χ1) is 9.93. The highest BCUT2D eigenvalue weighted by Crippen LogP contribution is 2.31. The van der Waals surface area contributed by atoms with Crippen molar-refractivity contribution in [1.82, 2.24) is 14.6 Å². The van der Waals surface area contributed by atoms with Crippen molar-refractivity contribution < 1.29 is 13.2 Å². The lowest BCUT2D eigenvalue weighted by molar-refractivity contribution is -0.137. The van der Waals surface area contributed by atoms with Crippen molar-refractivity contribution in [3.8, 4) is 0 Å². The third-order valence-electron chi connectivity index (χ3n) is 2.85. The molecule has 0 saturated carbocycles. The van der Waals surface area contributed by atoms with Crippen LogP contribution >= 0.6 is 0 Å². The Bertz CT molecular complexity index is 794. The normalized spacial score (nSPS) is 11.8. The Labute approximate surface area is 117 Å². The highest BCUT2D eigenvalue weighted by Gasteiger charge is 2.30. The third-order valence-corrected chi connectivity index (χ3v) is 2.85. The number of alkyl halides is 3. The molecule has 0 amide bonds. The molecule has 0 radical (unpaired) electrons. The van der Waals surface area contributed by atoms with Crippen LogP contribution in [0, 0.1) is 0 Å². The molecule has 2 heterocycles. The summed E-state index contributed by atoms with van der Waals surface area (Å²) in [7, 11) is 0. The Morgan fingerprint density at radius 2 is 1.95 bits per heavy atom. The van der Waals surface area contributed by atoms with E-state index < -0.39 is 11.7 Å². The maximum atomic E-state index is 12.7. The van der Waals surface area contributed by atoms with Crippen LogP contribution in [0.4, 0.5) is 30.5 Å². The third kappa shape index (κ3) is 2.60. The number of nitrogen functional groups attached to an aromatic ring is 1. The molecule has 8 heteroatoms. The van der Waals surface area contributed by atoms with Crippen LogP contribution in [0.15, 0.2) is 42.6 Å². The Kier molecular flexibility index (Phi) is 2.93. The Hall–Kier alpha value is -2.77. The van der Waals surface area contributed by atoms with Gasteiger partial charge < -0.3 is 11.1 Å². The monoisotopic (exact) mass is 293 g/mol. The van der Waals surface area contributed by atoms with Gasteiger partial charge in [0.25, 0.3) is 0 Å². The van der Waals surface area contributed by atoms with Crippen molar-refractivity contribution in [3.05, 3.63) is 48.2 Å². The van der Waals surface area contributed by atoms with Crippen LogP contribution in [0.1, 0.15) is 5.56 Å². The molecule has 0 saturated heterocycles. The van der Waals surface area contributed by atoms with E-state index in [1.165, 1.54) is 10.6 Å². The number of nitrogens with one attached hydrogen (secondary N) is 1. The first kappa shape index (κ1) is 13.2. The number of aromatic nitrogens is 3. The van der Waals surface area contributed by atoms with E-state index in [1.54, 1.807) is 24.4 Å². The van der Waals surface area contributed by atoms with Gasteiger partial charge in [-0.2, -0.15) is 18.2 Å². The maximum absolute atomic E-state index is 12.7. The molecule has 108 valence electrons. The summed E-state index contributed by atoms with van der Waals surface area (Å²) < 4.78 is 39.5. The van der Waals surface area contributed by atoms with Crippen LogP contribution in [-0.4, -0.2) is 14.6 Å². The number of nitrogens with two attached hydrogens (primary N) is 1. The molecule has 21 heavy (non-hydrogen) atoms. The van der Waals surface area contributed by atoms with Crippen molar-refractivity contribution in [3.63, 3.8) is 0 Å². The second kappa shape index (κ2) is 4.65. The number of rotatable bonds is 2. The molecule has 0 aliphatic heterocycles. The topological polar surface area (TPSA) is 68.2 Å². The van der Waals surface area contributed by atoms with Gasteiger partial charge in [0.2, 0.25) is 5.95 Å². The van der Waals surface area contributed by atoms with Gasteiger partial charge >= 0.3 is 6.18 Å². The smallest absolute Gasteiger partial charge is 0.366 e. The molecule has 2 aromatic heterocycles. The highest BCUT2D eigenvalue weighted by atomic mass is 19.4. The summed E-state index contributed by atoms with van der Waals surface area (Å²) in [4.78, 5) is 4.03. The minimum Gasteiger partial charge on any atom is -0.366 e. The zero-order valence-electron chi connectivity index (χ0n) is 10.6. The first-order valence-corrected chi connectivity index (χ1v) is 5.98. The van der Waals surface area contributed by atoms with Crippen molar-refractivity contribution in [2.45, 2.75) is 6.18 Å². The lowest BCUT2D eigenvalue weighted by Crippen LogP contribution is -2.05. The second-order valence-corrected chi connectivity index (χ2v) is 4.36. The molecule has 3 aromatic rings. The van der Waals surface area contributed by atoms with E-state index in [9.17, 15) is 13.2 Å². The number of benzene rings is 1. The summed E-state index contributed by atoms with van der Waals surface area (Å²) in [5.74, 6) is 0.0910. The van der Waals surface area contributed by atoms with Crippen molar-refractivity contribution in [2.75, 3.05) is 11.1 Å². The Morgan fingerprint density at radius 1 is 1.14 bits per heavy atom. The first-order valence-electron chi connectivity index (χ1n) is 5.98. The number of hydrogen-bond acceptors (Lipinski definition) is 4. The molecule has 3 N–H and O–H groups in total. The minimum absolute atomic E-state index is 0.0910. The summed E-state index contributed by atoms with van der Waals surface area (Å²) in [5.41, 5.74) is 6.05. The SMILES string of the molecule is Nc1nc2c(Nc3cccc(C(F)(F)F)c3)cccn2n1. The van der Waals surface area contributed by atoms with Crippen LogP contribution in [0.5, 0.6) is 0 Å². The molecule has 1 aromatic carbocycles. The molecule has 5 nitrogen and oxygen atoms in total. The summed E-state index contributed by atoms with van der Waals surface area (Å²) in [6.45, 7) is 0. The van der Waals surface area contributed by atoms with Crippen LogP contribution in [0.3, 0.4) is 0 Å². The highest BCUT2D eigenvalue weighted by molar-refractivity contribution is 5.74. The zero-order valence-corrected chi connectivity index (χ0v) is 10.6. The van der Waals surface area contributed by atoms with Crippen LogP contribution in [0.25, 0.3) is 5.65 Å². The van der Waals surface area contributed by atoms with Gasteiger partial charge in [-0.25, -0.2) is 4.52 Å². The van der Waals surface area contributed by atoms with Crippen LogP contribution < -0.4 is 11.1 Å². The van der Waals surface area contributed by atoms with E-state index in [4.69, 9.17) is 5.73 Å². The van der Waals surface area contributed by atoms with E-state index in [0.717, 1.165) is 12.1 Å². The molecule has 0 atom stereocenters. The fourth-order valence-corrected chi connectivity index (χ4v) is 1.95. The van der Waals surface area contributed by atoms with Gasteiger partial charge in [0, 0.05) is 11.9 Å². The number of fused-ring (bicyclic) bond motifs is 1. The number of anilines is 3. The lowest BCUT2D eigenvalue weighted by Gasteiger charge is -2.10. The fraction of sp³-hybridized carbons (Fsp3) is 0.0769. The van der Waals surface area contributed by atoms with E-state index >= 15 is 0 Å². The van der Waals surface area contributed by atoms with E-state index in [0.29, 0.717) is 17.0 Å². The number of pyridine rings is 1. The predicted octanol–water partition coefficient (Wildman–Crippen LogP) is 3.07. The second-order valence-electron chi connectivity index (χ2n) is 4.36. The van der Waals surface area contributed by atoms with E-state index in [1.807, 2.05) is 0 Å². The van der Waals surface area contributed by atoms with Gasteiger partial charge in [-0.05, 0) is 30.3 Å². The molecule has 0 aliphatic rings. The van der Waals surface area contributed by atoms with Crippen LogP contribution in [-0.2, 0) is 6.18 Å². The predicted molar refractivity (Wildman–Crippen MR) is 72.1 cm³/mol. The number of nitrogens with zero attached hydrogens (tertiary/aromatic N) is 3. The molecule has 0 unspecified atom stereocenters. The molecule has 0 fully saturated rings. The summed E-state index contributed by atoms with van der Waals surface area (Å²) in [6, 6.07) is 8.30. The van der Waals surface area contributed by atoms with Gasteiger partial charge in [0.1, 0.15) is 0 Å². The van der Waals surface area contributed by atoms with Crippen LogP contribution in [0.2, 0.25) is 0 Å². The van der Waals surface area contributed by atoms with Gasteiger partial charge in [-0.1, -0.05) is 6.07 Å². The number of hydrogen-bond donors (Lipinski definition) is 2. The average molecular weight is 293 g/mol. The summed E-state index contributed by atoms with van der Waals surface area (Å²) in [5, 5.41) is 6.83. The molecular weight excluding hydrogens is 283 g/mol. The summed E-state index contributed by atoms with van der Waals surface area (Å²) in [6.07, 6.45) is -2.74. The molecule has 0 bridgehead atoms. The quantitative estimate of drug-likeness (QED) is 0.762.